The van der Waals surface area contributed by atoms with Gasteiger partial charge in [-0.3, -0.25) is 4.98 Å². The Morgan fingerprint density at radius 3 is 2.14 bits per heavy atom. The van der Waals surface area contributed by atoms with Crippen LogP contribution in [0.1, 0.15) is 5.56 Å². The predicted octanol–water partition coefficient (Wildman–Crippen LogP) is 8.24. The lowest BCUT2D eigenvalue weighted by atomic mass is 9.91. The van der Waals surface area contributed by atoms with Gasteiger partial charge in [0, 0.05) is 17.3 Å². The number of hydrogen-bond acceptors (Lipinski definition) is 3. The first-order valence-corrected chi connectivity index (χ1v) is 12.4. The van der Waals surface area contributed by atoms with Gasteiger partial charge in [-0.15, -0.1) is 4.70 Å². The largest absolute Gasteiger partial charge is 0.256 e. The summed E-state index contributed by atoms with van der Waals surface area (Å²) >= 11 is 0. The summed E-state index contributed by atoms with van der Waals surface area (Å²) in [6.07, 6.45) is 1.82. The van der Waals surface area contributed by atoms with Crippen LogP contribution in [0.2, 0.25) is 0 Å². The Labute approximate surface area is 214 Å². The standard InChI is InChI=1S/C33H23N4/c1-2-13-26-23(9-1)10-8-16-27(26)30-18-19-31(29-15-4-3-14-28(29)30)33-22-37(36-35-33)25-12-7-11-24(21-25)32-17-5-6-20-34-32/h1-21H,22H2/q+1. The van der Waals surface area contributed by atoms with Gasteiger partial charge < -0.3 is 0 Å². The van der Waals surface area contributed by atoms with E-state index in [0.29, 0.717) is 6.54 Å². The highest BCUT2D eigenvalue weighted by Gasteiger charge is 2.26. The van der Waals surface area contributed by atoms with Gasteiger partial charge >= 0.3 is 0 Å². The number of pyridine rings is 1. The van der Waals surface area contributed by atoms with E-state index in [9.17, 15) is 0 Å². The summed E-state index contributed by atoms with van der Waals surface area (Å²) in [4.78, 5) is 4.49. The van der Waals surface area contributed by atoms with Crippen LogP contribution >= 0.6 is 0 Å². The zero-order valence-electron chi connectivity index (χ0n) is 20.1. The van der Waals surface area contributed by atoms with Gasteiger partial charge in [-0.25, -0.2) is 0 Å². The molecule has 174 valence electrons. The van der Waals surface area contributed by atoms with E-state index in [1.54, 1.807) is 0 Å². The minimum atomic E-state index is 0.614. The molecule has 4 nitrogen and oxygen atoms in total. The van der Waals surface area contributed by atoms with Crippen molar-refractivity contribution in [3.63, 3.8) is 0 Å². The van der Waals surface area contributed by atoms with Gasteiger partial charge in [-0.1, -0.05) is 91.0 Å². The molecular weight excluding hydrogens is 452 g/mol. The first kappa shape index (κ1) is 21.3. The van der Waals surface area contributed by atoms with Crippen molar-refractivity contribution in [2.24, 2.45) is 10.3 Å². The SMILES string of the molecule is c1ccc(-c2cccc([N+]3=NN=C(c4ccc(-c5cccc6ccccc56)c5ccccc45)C3)c2)nc1. The zero-order chi connectivity index (χ0) is 24.6. The first-order chi connectivity index (χ1) is 18.3. The quantitative estimate of drug-likeness (QED) is 0.237. The van der Waals surface area contributed by atoms with E-state index in [4.69, 9.17) is 0 Å². The molecule has 0 fully saturated rings. The molecule has 0 saturated carbocycles. The molecule has 0 aliphatic carbocycles. The lowest BCUT2D eigenvalue weighted by Gasteiger charge is -2.12. The molecule has 2 heterocycles. The molecule has 0 radical (unpaired) electrons. The number of rotatable bonds is 4. The van der Waals surface area contributed by atoms with Crippen molar-refractivity contribution >= 4 is 32.9 Å². The predicted molar refractivity (Wildman–Crippen MR) is 150 cm³/mol. The number of benzene rings is 5. The fourth-order valence-corrected chi connectivity index (χ4v) is 5.20. The maximum Gasteiger partial charge on any atom is 0.231 e. The monoisotopic (exact) mass is 475 g/mol. The molecule has 0 bridgehead atoms. The molecule has 0 unspecified atom stereocenters. The van der Waals surface area contributed by atoms with Gasteiger partial charge in [0.25, 0.3) is 0 Å². The van der Waals surface area contributed by atoms with Crippen molar-refractivity contribution < 1.29 is 4.70 Å². The molecule has 0 saturated heterocycles. The molecule has 5 aromatic carbocycles. The third-order valence-electron chi connectivity index (χ3n) is 6.99. The number of hydrogen-bond donors (Lipinski definition) is 0. The van der Waals surface area contributed by atoms with E-state index in [0.717, 1.165) is 28.2 Å². The van der Waals surface area contributed by atoms with E-state index in [2.05, 4.69) is 112 Å². The molecule has 1 aliphatic rings. The zero-order valence-corrected chi connectivity index (χ0v) is 20.1. The molecule has 7 rings (SSSR count). The summed E-state index contributed by atoms with van der Waals surface area (Å²) in [6, 6.07) is 42.4. The van der Waals surface area contributed by atoms with E-state index >= 15 is 0 Å². The molecule has 1 aromatic heterocycles. The third kappa shape index (κ3) is 3.80. The molecule has 0 N–H and O–H groups in total. The van der Waals surface area contributed by atoms with E-state index in [1.165, 1.54) is 32.7 Å². The second kappa shape index (κ2) is 8.92. The van der Waals surface area contributed by atoms with Crippen LogP contribution in [0.4, 0.5) is 5.69 Å². The highest BCUT2D eigenvalue weighted by atomic mass is 15.5. The number of aromatic nitrogens is 1. The Hall–Kier alpha value is -4.96. The summed E-state index contributed by atoms with van der Waals surface area (Å²) in [5.41, 5.74) is 7.55. The van der Waals surface area contributed by atoms with Gasteiger partial charge in [-0.05, 0) is 63.0 Å². The Bertz CT molecular complexity index is 1850. The normalized spacial score (nSPS) is 13.1. The van der Waals surface area contributed by atoms with Gasteiger partial charge in [0.05, 0.1) is 10.8 Å². The fraction of sp³-hybridized carbons (Fsp3) is 0.0303. The summed E-state index contributed by atoms with van der Waals surface area (Å²) in [5, 5.41) is 14.1. The smallest absolute Gasteiger partial charge is 0.231 e. The molecule has 0 amide bonds. The van der Waals surface area contributed by atoms with Crippen LogP contribution in [0, 0.1) is 0 Å². The van der Waals surface area contributed by atoms with E-state index in [-0.39, 0.29) is 0 Å². The average molecular weight is 476 g/mol. The minimum Gasteiger partial charge on any atom is -0.256 e. The Morgan fingerprint density at radius 2 is 1.27 bits per heavy atom. The van der Waals surface area contributed by atoms with E-state index < -0.39 is 0 Å². The fourth-order valence-electron chi connectivity index (χ4n) is 5.20. The molecule has 6 aromatic rings. The van der Waals surface area contributed by atoms with Crippen LogP contribution < -0.4 is 0 Å². The minimum absolute atomic E-state index is 0.614. The summed E-state index contributed by atoms with van der Waals surface area (Å²) in [5.74, 6) is 0. The van der Waals surface area contributed by atoms with Crippen LogP contribution in [-0.2, 0) is 0 Å². The Morgan fingerprint density at radius 1 is 0.568 bits per heavy atom. The van der Waals surface area contributed by atoms with Crippen molar-refractivity contribution in [1.82, 2.24) is 4.98 Å². The second-order valence-corrected chi connectivity index (χ2v) is 9.19. The maximum atomic E-state index is 4.62. The van der Waals surface area contributed by atoms with Crippen LogP contribution in [0.25, 0.3) is 43.9 Å². The highest BCUT2D eigenvalue weighted by Crippen LogP contribution is 2.36. The van der Waals surface area contributed by atoms with Gasteiger partial charge in [0.2, 0.25) is 5.71 Å². The third-order valence-corrected chi connectivity index (χ3v) is 6.99. The second-order valence-electron chi connectivity index (χ2n) is 9.19. The highest BCUT2D eigenvalue weighted by molar-refractivity contribution is 6.15. The van der Waals surface area contributed by atoms with Crippen molar-refractivity contribution in [2.45, 2.75) is 0 Å². The molecule has 1 aliphatic heterocycles. The van der Waals surface area contributed by atoms with E-state index in [1.807, 2.05) is 35.2 Å². The van der Waals surface area contributed by atoms with Crippen LogP contribution in [0.3, 0.4) is 0 Å². The van der Waals surface area contributed by atoms with Crippen molar-refractivity contribution in [2.75, 3.05) is 6.54 Å². The molecule has 4 heteroatoms. The molecular formula is C33H23N4+. The lowest BCUT2D eigenvalue weighted by molar-refractivity contribution is -0.492. The Kier molecular flexibility index (Phi) is 5.14. The maximum absolute atomic E-state index is 4.62. The van der Waals surface area contributed by atoms with Gasteiger partial charge in [-0.2, -0.15) is 0 Å². The van der Waals surface area contributed by atoms with Crippen LogP contribution in [0.15, 0.2) is 138 Å². The number of fused-ring (bicyclic) bond motifs is 2. The average Bonchev–Trinajstić information content (AvgIpc) is 3.47. The van der Waals surface area contributed by atoms with Crippen LogP contribution in [-0.4, -0.2) is 21.9 Å². The topological polar surface area (TPSA) is 40.6 Å². The van der Waals surface area contributed by atoms with Gasteiger partial charge in [0.1, 0.15) is 5.22 Å². The van der Waals surface area contributed by atoms with Gasteiger partial charge in [0.15, 0.2) is 12.2 Å². The van der Waals surface area contributed by atoms with Crippen molar-refractivity contribution in [3.8, 4) is 22.4 Å². The first-order valence-electron chi connectivity index (χ1n) is 12.4. The lowest BCUT2D eigenvalue weighted by Crippen LogP contribution is -2.12. The van der Waals surface area contributed by atoms with Crippen molar-refractivity contribution in [3.05, 3.63) is 133 Å². The van der Waals surface area contributed by atoms with Crippen molar-refractivity contribution in [1.29, 1.82) is 0 Å². The Balaban J connectivity index is 1.25. The number of nitrogens with zero attached hydrogens (tertiary/aromatic N) is 4. The molecule has 37 heavy (non-hydrogen) atoms. The summed E-state index contributed by atoms with van der Waals surface area (Å²) < 4.78 is 1.95. The van der Waals surface area contributed by atoms with Crippen LogP contribution in [0.5, 0.6) is 0 Å². The molecule has 0 atom stereocenters. The summed E-state index contributed by atoms with van der Waals surface area (Å²) in [7, 11) is 0. The molecule has 0 spiro atoms. The summed E-state index contributed by atoms with van der Waals surface area (Å²) in [6.45, 7) is 0.614.